The Morgan fingerprint density at radius 1 is 1.35 bits per heavy atom. The summed E-state index contributed by atoms with van der Waals surface area (Å²) in [6.07, 6.45) is 0.225. The fraction of sp³-hybridized carbons (Fsp3) is 0.818. The van der Waals surface area contributed by atoms with Gasteiger partial charge in [0.15, 0.2) is 0 Å². The molecule has 0 unspecified atom stereocenters. The molecule has 0 bridgehead atoms. The SMILES string of the molecule is CN(CCC(=O)O)S(=O)(=O)N1CCN(CCC#N)CC1. The minimum atomic E-state index is -3.59. The molecule has 1 fully saturated rings. The van der Waals surface area contributed by atoms with E-state index >= 15 is 0 Å². The molecule has 1 aliphatic rings. The molecule has 1 rings (SSSR count). The van der Waals surface area contributed by atoms with Crippen LogP contribution in [0.1, 0.15) is 12.8 Å². The topological polar surface area (TPSA) is 105 Å². The lowest BCUT2D eigenvalue weighted by Crippen LogP contribution is -2.52. The van der Waals surface area contributed by atoms with E-state index in [2.05, 4.69) is 6.07 Å². The van der Waals surface area contributed by atoms with Crippen LogP contribution in [0.5, 0.6) is 0 Å². The zero-order valence-electron chi connectivity index (χ0n) is 11.5. The molecule has 1 N–H and O–H groups in total. The second-order valence-corrected chi connectivity index (χ2v) is 6.66. The maximum absolute atomic E-state index is 12.2. The second kappa shape index (κ2) is 7.54. The van der Waals surface area contributed by atoms with Crippen LogP contribution in [0.3, 0.4) is 0 Å². The van der Waals surface area contributed by atoms with Gasteiger partial charge in [-0.15, -0.1) is 0 Å². The van der Waals surface area contributed by atoms with E-state index in [1.807, 2.05) is 4.90 Å². The molecule has 0 aromatic rings. The molecule has 0 aromatic carbocycles. The van der Waals surface area contributed by atoms with Crippen LogP contribution in [0.2, 0.25) is 0 Å². The first-order valence-corrected chi connectivity index (χ1v) is 7.80. The van der Waals surface area contributed by atoms with E-state index in [4.69, 9.17) is 10.4 Å². The van der Waals surface area contributed by atoms with Gasteiger partial charge in [0, 0.05) is 52.7 Å². The van der Waals surface area contributed by atoms with Crippen LogP contribution < -0.4 is 0 Å². The van der Waals surface area contributed by atoms with Crippen molar-refractivity contribution in [1.82, 2.24) is 13.5 Å². The van der Waals surface area contributed by atoms with E-state index in [1.165, 1.54) is 11.4 Å². The highest BCUT2D eigenvalue weighted by Gasteiger charge is 2.30. The first-order chi connectivity index (χ1) is 9.37. The summed E-state index contributed by atoms with van der Waals surface area (Å²) in [5, 5.41) is 17.1. The lowest BCUT2D eigenvalue weighted by atomic mass is 10.3. The number of carbonyl (C=O) groups is 1. The van der Waals surface area contributed by atoms with Gasteiger partial charge in [0.2, 0.25) is 0 Å². The predicted molar refractivity (Wildman–Crippen MR) is 72.0 cm³/mol. The van der Waals surface area contributed by atoms with Crippen molar-refractivity contribution in [1.29, 1.82) is 5.26 Å². The van der Waals surface area contributed by atoms with Gasteiger partial charge in [0.25, 0.3) is 10.2 Å². The fourth-order valence-electron chi connectivity index (χ4n) is 1.96. The lowest BCUT2D eigenvalue weighted by molar-refractivity contribution is -0.137. The van der Waals surface area contributed by atoms with Crippen molar-refractivity contribution in [3.63, 3.8) is 0 Å². The first kappa shape index (κ1) is 16.8. The van der Waals surface area contributed by atoms with Gasteiger partial charge in [-0.05, 0) is 0 Å². The largest absolute Gasteiger partial charge is 0.481 e. The molecule has 1 heterocycles. The van der Waals surface area contributed by atoms with E-state index in [0.717, 1.165) is 4.31 Å². The van der Waals surface area contributed by atoms with Gasteiger partial charge < -0.3 is 5.11 Å². The highest BCUT2D eigenvalue weighted by atomic mass is 32.2. The van der Waals surface area contributed by atoms with Crippen LogP contribution >= 0.6 is 0 Å². The Morgan fingerprint density at radius 3 is 2.45 bits per heavy atom. The third-order valence-corrected chi connectivity index (χ3v) is 5.22. The van der Waals surface area contributed by atoms with E-state index in [1.54, 1.807) is 0 Å². The molecule has 0 spiro atoms. The third-order valence-electron chi connectivity index (χ3n) is 3.23. The van der Waals surface area contributed by atoms with Crippen molar-refractivity contribution in [2.75, 3.05) is 46.3 Å². The third kappa shape index (κ3) is 4.72. The molecule has 1 aliphatic heterocycles. The summed E-state index contributed by atoms with van der Waals surface area (Å²) in [6.45, 7) is 2.53. The first-order valence-electron chi connectivity index (χ1n) is 6.40. The lowest BCUT2D eigenvalue weighted by Gasteiger charge is -2.35. The zero-order chi connectivity index (χ0) is 15.2. The van der Waals surface area contributed by atoms with Gasteiger partial charge in [-0.3, -0.25) is 9.69 Å². The molecule has 0 atom stereocenters. The number of hydrogen-bond acceptors (Lipinski definition) is 5. The van der Waals surface area contributed by atoms with E-state index in [0.29, 0.717) is 39.1 Å². The number of piperazine rings is 1. The normalized spacial score (nSPS) is 18.1. The van der Waals surface area contributed by atoms with Crippen LogP contribution in [0.4, 0.5) is 0 Å². The number of carboxylic acid groups (broad SMARTS) is 1. The van der Waals surface area contributed by atoms with Crippen LogP contribution in [-0.4, -0.2) is 79.3 Å². The minimum Gasteiger partial charge on any atom is -0.481 e. The average Bonchev–Trinajstić information content (AvgIpc) is 2.42. The van der Waals surface area contributed by atoms with Crippen molar-refractivity contribution in [3.8, 4) is 6.07 Å². The van der Waals surface area contributed by atoms with Crippen molar-refractivity contribution >= 4 is 16.2 Å². The number of carboxylic acids is 1. The smallest absolute Gasteiger partial charge is 0.304 e. The highest BCUT2D eigenvalue weighted by molar-refractivity contribution is 7.86. The average molecular weight is 304 g/mol. The predicted octanol–water partition coefficient (Wildman–Crippen LogP) is -0.831. The van der Waals surface area contributed by atoms with Crippen LogP contribution in [0, 0.1) is 11.3 Å². The Labute approximate surface area is 119 Å². The quantitative estimate of drug-likeness (QED) is 0.658. The van der Waals surface area contributed by atoms with Crippen LogP contribution in [-0.2, 0) is 15.0 Å². The number of rotatable bonds is 7. The number of nitrogens with zero attached hydrogens (tertiary/aromatic N) is 4. The Balaban J connectivity index is 2.50. The van der Waals surface area contributed by atoms with Gasteiger partial charge in [-0.25, -0.2) is 0 Å². The van der Waals surface area contributed by atoms with Crippen LogP contribution in [0.15, 0.2) is 0 Å². The summed E-state index contributed by atoms with van der Waals surface area (Å²) in [4.78, 5) is 12.5. The molecular weight excluding hydrogens is 284 g/mol. The fourth-order valence-corrected chi connectivity index (χ4v) is 3.30. The number of aliphatic carboxylic acids is 1. The minimum absolute atomic E-state index is 0.0354. The van der Waals surface area contributed by atoms with E-state index < -0.39 is 16.2 Å². The molecule has 0 aliphatic carbocycles. The van der Waals surface area contributed by atoms with Crippen LogP contribution in [0.25, 0.3) is 0 Å². The molecule has 8 nitrogen and oxygen atoms in total. The highest BCUT2D eigenvalue weighted by Crippen LogP contribution is 2.11. The molecule has 9 heteroatoms. The van der Waals surface area contributed by atoms with Gasteiger partial charge in [-0.1, -0.05) is 0 Å². The molecule has 20 heavy (non-hydrogen) atoms. The Morgan fingerprint density at radius 2 is 1.95 bits per heavy atom. The molecule has 0 saturated carbocycles. The molecule has 1 saturated heterocycles. The summed E-state index contributed by atoms with van der Waals surface area (Å²) in [5.41, 5.74) is 0. The van der Waals surface area contributed by atoms with E-state index in [9.17, 15) is 13.2 Å². The Hall–Kier alpha value is -1.21. The maximum Gasteiger partial charge on any atom is 0.304 e. The Bertz CT molecular complexity index is 465. The van der Waals surface area contributed by atoms with Crippen molar-refractivity contribution in [2.24, 2.45) is 0 Å². The summed E-state index contributed by atoms with van der Waals surface area (Å²) in [7, 11) is -2.20. The molecule has 0 aromatic heterocycles. The zero-order valence-corrected chi connectivity index (χ0v) is 12.3. The maximum atomic E-state index is 12.2. The van der Waals surface area contributed by atoms with E-state index in [-0.39, 0.29) is 13.0 Å². The standard InChI is InChI=1S/C11H20N4O4S/c1-13(6-3-11(16)17)20(18,19)15-9-7-14(8-10-15)5-2-4-12/h2-3,5-10H2,1H3,(H,16,17). The van der Waals surface area contributed by atoms with Crippen molar-refractivity contribution < 1.29 is 18.3 Å². The number of nitriles is 1. The Kier molecular flexibility index (Phi) is 6.35. The summed E-state index contributed by atoms with van der Waals surface area (Å²) < 4.78 is 26.8. The molecular formula is C11H20N4O4S. The summed E-state index contributed by atoms with van der Waals surface area (Å²) >= 11 is 0. The second-order valence-electron chi connectivity index (χ2n) is 4.62. The van der Waals surface area contributed by atoms with Gasteiger partial charge >= 0.3 is 5.97 Å². The molecule has 0 radical (unpaired) electrons. The van der Waals surface area contributed by atoms with Crippen molar-refractivity contribution in [2.45, 2.75) is 12.8 Å². The summed E-state index contributed by atoms with van der Waals surface area (Å²) in [6, 6.07) is 2.06. The van der Waals surface area contributed by atoms with Gasteiger partial charge in [-0.2, -0.15) is 22.3 Å². The van der Waals surface area contributed by atoms with Crippen molar-refractivity contribution in [3.05, 3.63) is 0 Å². The summed E-state index contributed by atoms with van der Waals surface area (Å²) in [5.74, 6) is -1.02. The molecule has 114 valence electrons. The van der Waals surface area contributed by atoms with Gasteiger partial charge in [0.05, 0.1) is 12.5 Å². The monoisotopic (exact) mass is 304 g/mol. The van der Waals surface area contributed by atoms with Gasteiger partial charge in [0.1, 0.15) is 0 Å². The number of hydrogen-bond donors (Lipinski definition) is 1. The molecule has 0 amide bonds.